The number of ether oxygens (including phenoxy) is 1. The molecule has 0 saturated carbocycles. The van der Waals surface area contributed by atoms with Crippen molar-refractivity contribution in [2.75, 3.05) is 52.9 Å². The van der Waals surface area contributed by atoms with Crippen LogP contribution in [-0.4, -0.2) is 74.7 Å². The quantitative estimate of drug-likeness (QED) is 0.790. The second-order valence-corrected chi connectivity index (χ2v) is 5.80. The van der Waals surface area contributed by atoms with Crippen molar-refractivity contribution in [1.82, 2.24) is 15.1 Å². The number of nitrogens with zero attached hydrogens (tertiary/aromatic N) is 2. The minimum atomic E-state index is 0.180. The summed E-state index contributed by atoms with van der Waals surface area (Å²) in [4.78, 5) is 16.5. The predicted octanol–water partition coefficient (Wildman–Crippen LogP) is 0.165. The molecular formula is C14H27N3O2. The van der Waals surface area contributed by atoms with E-state index in [1.54, 1.807) is 0 Å². The van der Waals surface area contributed by atoms with Crippen molar-refractivity contribution in [3.05, 3.63) is 0 Å². The van der Waals surface area contributed by atoms with E-state index in [1.807, 2.05) is 18.9 Å². The van der Waals surface area contributed by atoms with E-state index in [2.05, 4.69) is 10.2 Å². The summed E-state index contributed by atoms with van der Waals surface area (Å²) in [5, 5.41) is 3.24. The molecule has 0 aliphatic carbocycles. The topological polar surface area (TPSA) is 44.8 Å². The summed E-state index contributed by atoms with van der Waals surface area (Å²) in [6.07, 6.45) is 2.58. The second kappa shape index (κ2) is 7.22. The maximum Gasteiger partial charge on any atom is 0.236 e. The lowest BCUT2D eigenvalue weighted by atomic mass is 9.97. The Balaban J connectivity index is 1.71. The van der Waals surface area contributed by atoms with Crippen molar-refractivity contribution in [3.63, 3.8) is 0 Å². The van der Waals surface area contributed by atoms with Gasteiger partial charge in [-0.1, -0.05) is 0 Å². The molecule has 5 nitrogen and oxygen atoms in total. The van der Waals surface area contributed by atoms with Crippen molar-refractivity contribution >= 4 is 5.91 Å². The van der Waals surface area contributed by atoms with E-state index in [1.165, 1.54) is 12.8 Å². The van der Waals surface area contributed by atoms with E-state index >= 15 is 0 Å². The van der Waals surface area contributed by atoms with E-state index < -0.39 is 0 Å². The third-order valence-electron chi connectivity index (χ3n) is 4.15. The number of rotatable bonds is 4. The molecule has 1 atom stereocenters. The predicted molar refractivity (Wildman–Crippen MR) is 75.1 cm³/mol. The molecule has 0 bridgehead atoms. The smallest absolute Gasteiger partial charge is 0.236 e. The van der Waals surface area contributed by atoms with E-state index in [4.69, 9.17) is 4.74 Å². The molecule has 0 spiro atoms. The Labute approximate surface area is 116 Å². The molecule has 110 valence electrons. The number of morpholine rings is 1. The van der Waals surface area contributed by atoms with Crippen LogP contribution < -0.4 is 5.32 Å². The highest BCUT2D eigenvalue weighted by molar-refractivity contribution is 5.78. The Morgan fingerprint density at radius 2 is 2.05 bits per heavy atom. The molecule has 19 heavy (non-hydrogen) atoms. The summed E-state index contributed by atoms with van der Waals surface area (Å²) in [6.45, 7) is 7.99. The van der Waals surface area contributed by atoms with E-state index in [9.17, 15) is 4.79 Å². The Bertz CT molecular complexity index is 290. The van der Waals surface area contributed by atoms with E-state index in [-0.39, 0.29) is 12.0 Å². The molecule has 0 aromatic carbocycles. The van der Waals surface area contributed by atoms with Crippen molar-refractivity contribution < 1.29 is 9.53 Å². The van der Waals surface area contributed by atoms with Crippen LogP contribution in [0.25, 0.3) is 0 Å². The molecule has 2 aliphatic rings. The molecule has 1 amide bonds. The van der Waals surface area contributed by atoms with Gasteiger partial charge in [0.25, 0.3) is 0 Å². The van der Waals surface area contributed by atoms with Gasteiger partial charge >= 0.3 is 0 Å². The van der Waals surface area contributed by atoms with Crippen molar-refractivity contribution in [1.29, 1.82) is 0 Å². The summed E-state index contributed by atoms with van der Waals surface area (Å²) in [5.74, 6) is 1.04. The van der Waals surface area contributed by atoms with Gasteiger partial charge in [-0.3, -0.25) is 9.69 Å². The van der Waals surface area contributed by atoms with Crippen LogP contribution in [0.4, 0.5) is 0 Å². The Kier molecular flexibility index (Phi) is 5.60. The molecule has 0 radical (unpaired) electrons. The Hall–Kier alpha value is -0.650. The molecule has 0 aromatic heterocycles. The third-order valence-corrected chi connectivity index (χ3v) is 4.15. The van der Waals surface area contributed by atoms with Crippen LogP contribution in [0, 0.1) is 5.92 Å². The van der Waals surface area contributed by atoms with Crippen LogP contribution in [0.3, 0.4) is 0 Å². The third kappa shape index (κ3) is 4.44. The number of hydrogen-bond acceptors (Lipinski definition) is 4. The fraction of sp³-hybridized carbons (Fsp3) is 0.929. The molecule has 2 fully saturated rings. The number of likely N-dealkylation sites (tertiary alicyclic amines) is 1. The number of amides is 1. The first kappa shape index (κ1) is 14.8. The zero-order valence-corrected chi connectivity index (χ0v) is 12.2. The van der Waals surface area contributed by atoms with Gasteiger partial charge in [-0.05, 0) is 52.4 Å². The standard InChI is InChI=1S/C14H27N3O2/c1-12-10-17(7-8-19-12)14(18)11-16-5-3-13(4-6-16)9-15-2/h12-13,15H,3-11H2,1-2H3. The summed E-state index contributed by atoms with van der Waals surface area (Å²) in [5.41, 5.74) is 0. The molecule has 2 aliphatic heterocycles. The maximum atomic E-state index is 12.2. The molecule has 1 unspecified atom stereocenters. The lowest BCUT2D eigenvalue weighted by Gasteiger charge is -2.35. The van der Waals surface area contributed by atoms with Crippen LogP contribution in [0.2, 0.25) is 0 Å². The lowest BCUT2D eigenvalue weighted by Crippen LogP contribution is -2.49. The molecule has 2 heterocycles. The van der Waals surface area contributed by atoms with Crippen molar-refractivity contribution in [3.8, 4) is 0 Å². The normalized spacial score (nSPS) is 26.6. The Morgan fingerprint density at radius 3 is 2.68 bits per heavy atom. The van der Waals surface area contributed by atoms with E-state index in [0.29, 0.717) is 13.2 Å². The first-order chi connectivity index (χ1) is 9.19. The fourth-order valence-corrected chi connectivity index (χ4v) is 2.97. The number of nitrogens with one attached hydrogen (secondary N) is 1. The first-order valence-corrected chi connectivity index (χ1v) is 7.45. The first-order valence-electron chi connectivity index (χ1n) is 7.45. The molecule has 2 rings (SSSR count). The van der Waals surface area contributed by atoms with Gasteiger partial charge in [0.2, 0.25) is 5.91 Å². The number of carbonyl (C=O) groups is 1. The molecule has 1 N–H and O–H groups in total. The zero-order valence-electron chi connectivity index (χ0n) is 12.2. The Morgan fingerprint density at radius 1 is 1.32 bits per heavy atom. The van der Waals surface area contributed by atoms with E-state index in [0.717, 1.165) is 38.6 Å². The van der Waals surface area contributed by atoms with Gasteiger partial charge in [0.1, 0.15) is 0 Å². The van der Waals surface area contributed by atoms with Crippen molar-refractivity contribution in [2.24, 2.45) is 5.92 Å². The summed E-state index contributed by atoms with van der Waals surface area (Å²) in [7, 11) is 2.01. The largest absolute Gasteiger partial charge is 0.375 e. The summed E-state index contributed by atoms with van der Waals surface area (Å²) >= 11 is 0. The number of piperidine rings is 1. The lowest BCUT2D eigenvalue weighted by molar-refractivity contribution is -0.139. The molecule has 0 aromatic rings. The number of hydrogen-bond donors (Lipinski definition) is 1. The highest BCUT2D eigenvalue weighted by atomic mass is 16.5. The van der Waals surface area contributed by atoms with Crippen LogP contribution in [0.1, 0.15) is 19.8 Å². The second-order valence-electron chi connectivity index (χ2n) is 5.80. The molecular weight excluding hydrogens is 242 g/mol. The van der Waals surface area contributed by atoms with Crippen LogP contribution >= 0.6 is 0 Å². The van der Waals surface area contributed by atoms with Crippen LogP contribution in [-0.2, 0) is 9.53 Å². The summed E-state index contributed by atoms with van der Waals surface area (Å²) in [6, 6.07) is 0. The zero-order chi connectivity index (χ0) is 13.7. The minimum Gasteiger partial charge on any atom is -0.375 e. The fourth-order valence-electron chi connectivity index (χ4n) is 2.97. The monoisotopic (exact) mass is 269 g/mol. The minimum absolute atomic E-state index is 0.180. The van der Waals surface area contributed by atoms with Gasteiger partial charge in [0, 0.05) is 13.1 Å². The van der Waals surface area contributed by atoms with Crippen LogP contribution in [0.15, 0.2) is 0 Å². The van der Waals surface area contributed by atoms with Gasteiger partial charge in [0.05, 0.1) is 19.3 Å². The van der Waals surface area contributed by atoms with Gasteiger partial charge < -0.3 is 15.0 Å². The molecule has 2 saturated heterocycles. The van der Waals surface area contributed by atoms with Crippen LogP contribution in [0.5, 0.6) is 0 Å². The highest BCUT2D eigenvalue weighted by Crippen LogP contribution is 2.16. The SMILES string of the molecule is CNCC1CCN(CC(=O)N2CCOC(C)C2)CC1. The van der Waals surface area contributed by atoms with Gasteiger partial charge in [-0.25, -0.2) is 0 Å². The van der Waals surface area contributed by atoms with Gasteiger partial charge in [-0.15, -0.1) is 0 Å². The molecule has 5 heteroatoms. The summed E-state index contributed by atoms with van der Waals surface area (Å²) < 4.78 is 5.47. The number of carbonyl (C=O) groups excluding carboxylic acids is 1. The average Bonchev–Trinajstić information content (AvgIpc) is 2.41. The van der Waals surface area contributed by atoms with Gasteiger partial charge in [-0.2, -0.15) is 0 Å². The van der Waals surface area contributed by atoms with Gasteiger partial charge in [0.15, 0.2) is 0 Å². The maximum absolute atomic E-state index is 12.2. The highest BCUT2D eigenvalue weighted by Gasteiger charge is 2.25. The average molecular weight is 269 g/mol. The van der Waals surface area contributed by atoms with Crippen molar-refractivity contribution in [2.45, 2.75) is 25.9 Å².